The maximum atomic E-state index is 2.63. The summed E-state index contributed by atoms with van der Waals surface area (Å²) < 4.78 is 0. The van der Waals surface area contributed by atoms with Crippen LogP contribution in [0.15, 0.2) is 237 Å². The first-order valence-electron chi connectivity index (χ1n) is 26.0. The maximum absolute atomic E-state index is 2.63. The smallest absolute Gasteiger partial charge is 0.0726 e. The largest absolute Gasteiger partial charge is 0.310 e. The van der Waals surface area contributed by atoms with E-state index in [1.54, 1.807) is 0 Å². The summed E-state index contributed by atoms with van der Waals surface area (Å²) in [4.78, 5) is 2.63. The van der Waals surface area contributed by atoms with Gasteiger partial charge in [-0.15, -0.1) is 0 Å². The van der Waals surface area contributed by atoms with Crippen LogP contribution >= 0.6 is 0 Å². The Hall–Kier alpha value is -8.52. The molecule has 0 aliphatic heterocycles. The van der Waals surface area contributed by atoms with Crippen LogP contribution in [0.5, 0.6) is 0 Å². The van der Waals surface area contributed by atoms with Crippen molar-refractivity contribution in [3.63, 3.8) is 0 Å². The average Bonchev–Trinajstić information content (AvgIpc) is 4.02. The molecule has 0 radical (unpaired) electrons. The Labute approximate surface area is 420 Å². The van der Waals surface area contributed by atoms with Crippen LogP contribution in [-0.4, -0.2) is 0 Å². The van der Waals surface area contributed by atoms with Crippen molar-refractivity contribution >= 4 is 60.2 Å². The van der Waals surface area contributed by atoms with Crippen LogP contribution in [0.1, 0.15) is 65.5 Å². The molecule has 0 aromatic heterocycles. The first-order chi connectivity index (χ1) is 35.7. The van der Waals surface area contributed by atoms with Gasteiger partial charge >= 0.3 is 0 Å². The van der Waals surface area contributed by atoms with Crippen LogP contribution < -0.4 is 4.90 Å². The summed E-state index contributed by atoms with van der Waals surface area (Å²) in [6.45, 7) is 0. The number of hydrogen-bond acceptors (Lipinski definition) is 1. The van der Waals surface area contributed by atoms with Gasteiger partial charge in [-0.2, -0.15) is 0 Å². The molecule has 16 rings (SSSR count). The van der Waals surface area contributed by atoms with E-state index in [-0.39, 0.29) is 5.41 Å². The summed E-state index contributed by atoms with van der Waals surface area (Å²) in [7, 11) is 0. The highest BCUT2D eigenvalue weighted by molar-refractivity contribution is 6.26. The SMILES string of the molecule is c1ccc2c(c1)-c1cc(N(c3ccc4c5ccccc5c5ccccc5c4c3)c3cc4c(cc3-c3ccc5ccccc5c3)-c3ccccc3C43c4ccccc4-c4ccccc43)ccc1C21CCCCC1. The molecule has 4 aliphatic carbocycles. The third-order valence-electron chi connectivity index (χ3n) is 17.6. The van der Waals surface area contributed by atoms with E-state index < -0.39 is 5.41 Å². The summed E-state index contributed by atoms with van der Waals surface area (Å²) in [6.07, 6.45) is 6.25. The Morgan fingerprint density at radius 2 is 0.750 bits per heavy atom. The van der Waals surface area contributed by atoms with Crippen LogP contribution in [0.2, 0.25) is 0 Å². The molecule has 12 aromatic rings. The van der Waals surface area contributed by atoms with Crippen LogP contribution in [0.3, 0.4) is 0 Å². The van der Waals surface area contributed by atoms with Gasteiger partial charge in [0.15, 0.2) is 0 Å². The summed E-state index contributed by atoms with van der Waals surface area (Å²) in [5, 5.41) is 10.1. The number of hydrogen-bond donors (Lipinski definition) is 0. The summed E-state index contributed by atoms with van der Waals surface area (Å²) in [6, 6.07) is 90.8. The second-order valence-corrected chi connectivity index (χ2v) is 20.9. The molecule has 0 atom stereocenters. The number of anilines is 3. The normalized spacial score (nSPS) is 15.2. The first kappa shape index (κ1) is 40.2. The van der Waals surface area contributed by atoms with Crippen molar-refractivity contribution in [3.8, 4) is 44.5 Å². The van der Waals surface area contributed by atoms with E-state index in [1.807, 2.05) is 0 Å². The van der Waals surface area contributed by atoms with Crippen LogP contribution in [0.4, 0.5) is 17.1 Å². The first-order valence-corrected chi connectivity index (χ1v) is 26.0. The minimum Gasteiger partial charge on any atom is -0.310 e. The molecule has 2 spiro atoms. The third-order valence-corrected chi connectivity index (χ3v) is 17.6. The van der Waals surface area contributed by atoms with Crippen molar-refractivity contribution in [2.75, 3.05) is 4.90 Å². The Bertz CT molecular complexity index is 4200. The molecular weight excluding hydrogens is 867 g/mol. The minimum absolute atomic E-state index is 0.0572. The fourth-order valence-electron chi connectivity index (χ4n) is 14.6. The molecule has 0 saturated heterocycles. The third kappa shape index (κ3) is 5.33. The van der Waals surface area contributed by atoms with Gasteiger partial charge < -0.3 is 4.90 Å². The van der Waals surface area contributed by atoms with Gasteiger partial charge in [-0.1, -0.05) is 213 Å². The van der Waals surface area contributed by atoms with Crippen molar-refractivity contribution in [1.82, 2.24) is 0 Å². The van der Waals surface area contributed by atoms with E-state index in [0.717, 1.165) is 5.69 Å². The highest BCUT2D eigenvalue weighted by Crippen LogP contribution is 2.65. The van der Waals surface area contributed by atoms with Crippen molar-refractivity contribution in [1.29, 1.82) is 0 Å². The number of fused-ring (bicyclic) bond motifs is 22. The highest BCUT2D eigenvalue weighted by Gasteiger charge is 2.52. The van der Waals surface area contributed by atoms with Crippen LogP contribution in [0, 0.1) is 0 Å². The van der Waals surface area contributed by atoms with Crippen LogP contribution in [0.25, 0.3) is 87.6 Å². The minimum atomic E-state index is -0.510. The molecule has 0 heterocycles. The zero-order valence-electron chi connectivity index (χ0n) is 40.0. The molecule has 1 nitrogen and oxygen atoms in total. The molecular formula is C71H49N. The van der Waals surface area contributed by atoms with Crippen LogP contribution in [-0.2, 0) is 10.8 Å². The Morgan fingerprint density at radius 1 is 0.278 bits per heavy atom. The summed E-state index contributed by atoms with van der Waals surface area (Å²) >= 11 is 0. The van der Waals surface area contributed by atoms with Gasteiger partial charge in [-0.25, -0.2) is 0 Å². The molecule has 72 heavy (non-hydrogen) atoms. The van der Waals surface area contributed by atoms with Crippen molar-refractivity contribution in [2.45, 2.75) is 42.9 Å². The molecule has 1 saturated carbocycles. The fraction of sp³-hybridized carbons (Fsp3) is 0.0986. The molecule has 4 aliphatic rings. The quantitative estimate of drug-likeness (QED) is 0.159. The predicted molar refractivity (Wildman–Crippen MR) is 302 cm³/mol. The monoisotopic (exact) mass is 915 g/mol. The zero-order chi connectivity index (χ0) is 47.1. The van der Waals surface area contributed by atoms with Gasteiger partial charge in [-0.05, 0) is 171 Å². The Morgan fingerprint density at radius 3 is 1.40 bits per heavy atom. The lowest BCUT2D eigenvalue weighted by atomic mass is 9.68. The topological polar surface area (TPSA) is 3.24 Å². The molecule has 1 heteroatoms. The van der Waals surface area contributed by atoms with E-state index in [2.05, 4.69) is 241 Å². The fourth-order valence-corrected chi connectivity index (χ4v) is 14.6. The van der Waals surface area contributed by atoms with Gasteiger partial charge in [-0.3, -0.25) is 0 Å². The highest BCUT2D eigenvalue weighted by atomic mass is 15.1. The van der Waals surface area contributed by atoms with Gasteiger partial charge in [0, 0.05) is 22.4 Å². The number of benzene rings is 12. The molecule has 0 bridgehead atoms. The van der Waals surface area contributed by atoms with Gasteiger partial charge in [0.25, 0.3) is 0 Å². The van der Waals surface area contributed by atoms with Crippen molar-refractivity contribution in [3.05, 3.63) is 270 Å². The molecule has 0 N–H and O–H groups in total. The lowest BCUT2D eigenvalue weighted by molar-refractivity contribution is 0.353. The average molecular weight is 916 g/mol. The van der Waals surface area contributed by atoms with Crippen molar-refractivity contribution < 1.29 is 0 Å². The summed E-state index contributed by atoms with van der Waals surface area (Å²) in [5.41, 5.74) is 21.8. The standard InChI is InChI=1S/C71H49N/c1-16-38-70(39-17-1)63-28-12-8-26-57(63)61-42-49(35-37-64(61)70)72(48-34-36-54-52-22-5-4-20-50(52)51-21-6-7-23-53(51)60(54)41-48)69-44-68-62(43-59(69)47-33-32-45-18-2-3-19-46(45)40-47)58-27-11-15-31-67(58)71(68)65-29-13-9-24-55(65)56-25-10-14-30-66(56)71/h2-15,18-37,40-44H,1,16-17,38-39H2. The van der Waals surface area contributed by atoms with Gasteiger partial charge in [0.2, 0.25) is 0 Å². The molecule has 1 fully saturated rings. The maximum Gasteiger partial charge on any atom is 0.0726 e. The number of rotatable bonds is 4. The number of nitrogens with zero attached hydrogens (tertiary/aromatic N) is 1. The van der Waals surface area contributed by atoms with Gasteiger partial charge in [0.05, 0.1) is 11.1 Å². The molecule has 0 amide bonds. The molecule has 0 unspecified atom stereocenters. The molecule has 338 valence electrons. The Kier molecular flexibility index (Phi) is 8.38. The van der Waals surface area contributed by atoms with E-state index in [9.17, 15) is 0 Å². The Balaban J connectivity index is 1.04. The van der Waals surface area contributed by atoms with E-state index in [4.69, 9.17) is 0 Å². The lowest BCUT2D eigenvalue weighted by Crippen LogP contribution is -2.28. The summed E-state index contributed by atoms with van der Waals surface area (Å²) in [5.74, 6) is 0. The van der Waals surface area contributed by atoms with Crippen molar-refractivity contribution in [2.24, 2.45) is 0 Å². The zero-order valence-corrected chi connectivity index (χ0v) is 40.0. The lowest BCUT2D eigenvalue weighted by Gasteiger charge is -2.36. The molecule has 12 aromatic carbocycles. The van der Waals surface area contributed by atoms with Gasteiger partial charge in [0.1, 0.15) is 0 Å². The second-order valence-electron chi connectivity index (χ2n) is 20.9. The van der Waals surface area contributed by atoms with E-state index in [1.165, 1.54) is 164 Å². The van der Waals surface area contributed by atoms with E-state index >= 15 is 0 Å². The predicted octanol–water partition coefficient (Wildman–Crippen LogP) is 19.0. The van der Waals surface area contributed by atoms with E-state index in [0.29, 0.717) is 0 Å². The second kappa shape index (κ2) is 15.0.